The molecule has 6 heteroatoms. The van der Waals surface area contributed by atoms with E-state index in [2.05, 4.69) is 0 Å². The summed E-state index contributed by atoms with van der Waals surface area (Å²) in [6.07, 6.45) is 3.29. The zero-order chi connectivity index (χ0) is 7.53. The lowest BCUT2D eigenvalue weighted by atomic mass is 10.2. The fourth-order valence-corrected chi connectivity index (χ4v) is 10.3. The Balaban J connectivity index is 1.96. The van der Waals surface area contributed by atoms with Gasteiger partial charge in [0.1, 0.15) is 5.73 Å². The summed E-state index contributed by atoms with van der Waals surface area (Å²) in [5.41, 5.74) is 0.0853. The summed E-state index contributed by atoms with van der Waals surface area (Å²) in [4.78, 5) is 0. The summed E-state index contributed by atoms with van der Waals surface area (Å²) in [5, 5.41) is 0. The normalized spacial score (nSPS) is 60.2. The number of hydrogen-bond donors (Lipinski definition) is 0. The van der Waals surface area contributed by atoms with Gasteiger partial charge in [-0.25, -0.2) is 4.57 Å². The van der Waals surface area contributed by atoms with Crippen molar-refractivity contribution in [3.63, 3.8) is 0 Å². The summed E-state index contributed by atoms with van der Waals surface area (Å²) < 4.78 is 27.0. The average molecular weight is 192 g/mol. The lowest BCUT2D eigenvalue weighted by molar-refractivity contribution is 0.223. The lowest BCUT2D eigenvalue weighted by Crippen LogP contribution is -2.52. The van der Waals surface area contributed by atoms with Crippen LogP contribution in [0.25, 0.3) is 0 Å². The van der Waals surface area contributed by atoms with Gasteiger partial charge in [0.05, 0.1) is 0 Å². The van der Waals surface area contributed by atoms with Crippen molar-refractivity contribution in [3.05, 3.63) is 0 Å². The molecule has 4 nitrogen and oxygen atoms in total. The van der Waals surface area contributed by atoms with Gasteiger partial charge in [0.2, 0.25) is 0 Å². The van der Waals surface area contributed by atoms with Crippen LogP contribution in [0.1, 0.15) is 19.3 Å². The van der Waals surface area contributed by atoms with Gasteiger partial charge < -0.3 is 0 Å². The molecule has 1 spiro atoms. The van der Waals surface area contributed by atoms with E-state index in [1.54, 1.807) is 0 Å². The number of phosphoric acid groups is 1. The SMILES string of the molecule is O=P12OC3CCCC[Si]3(O1)O2. The van der Waals surface area contributed by atoms with Crippen molar-refractivity contribution >= 4 is 16.4 Å². The highest BCUT2D eigenvalue weighted by Gasteiger charge is 2.73. The fraction of sp³-hybridized carbons (Fsp3) is 1.00. The molecule has 0 N–H and O–H groups in total. The molecule has 1 unspecified atom stereocenters. The van der Waals surface area contributed by atoms with Gasteiger partial charge in [-0.2, -0.15) is 0 Å². The zero-order valence-electron chi connectivity index (χ0n) is 5.99. The van der Waals surface area contributed by atoms with Crippen molar-refractivity contribution in [2.75, 3.05) is 0 Å². The molecule has 4 aliphatic rings. The van der Waals surface area contributed by atoms with Crippen LogP contribution in [0, 0.1) is 0 Å². The van der Waals surface area contributed by atoms with Crippen molar-refractivity contribution in [2.45, 2.75) is 31.0 Å². The third-order valence-electron chi connectivity index (χ3n) is 2.52. The molecule has 1 atom stereocenters. The Morgan fingerprint density at radius 2 is 2.18 bits per heavy atom. The molecule has 0 aromatic rings. The van der Waals surface area contributed by atoms with E-state index in [-0.39, 0.29) is 5.73 Å². The smallest absolute Gasteiger partial charge is 0.299 e. The van der Waals surface area contributed by atoms with E-state index in [9.17, 15) is 4.57 Å². The molecule has 4 heterocycles. The maximum atomic E-state index is 11.2. The Labute approximate surface area is 65.7 Å². The fourth-order valence-electron chi connectivity index (χ4n) is 2.01. The molecule has 0 aromatic heterocycles. The van der Waals surface area contributed by atoms with Crippen molar-refractivity contribution in [1.82, 2.24) is 0 Å². The summed E-state index contributed by atoms with van der Waals surface area (Å²) >= 11 is 0. The quantitative estimate of drug-likeness (QED) is 0.433. The van der Waals surface area contributed by atoms with Gasteiger partial charge in [0, 0.05) is 0 Å². The maximum Gasteiger partial charge on any atom is 0.459 e. The van der Waals surface area contributed by atoms with E-state index < -0.39 is 16.4 Å². The van der Waals surface area contributed by atoms with Crippen molar-refractivity contribution < 1.29 is 17.5 Å². The van der Waals surface area contributed by atoms with Crippen molar-refractivity contribution in [2.24, 2.45) is 0 Å². The van der Waals surface area contributed by atoms with E-state index in [1.165, 1.54) is 0 Å². The molecule has 62 valence electrons. The second kappa shape index (κ2) is 1.80. The summed E-state index contributed by atoms with van der Waals surface area (Å²) in [6, 6.07) is 0.974. The Kier molecular flexibility index (Phi) is 1.11. The van der Waals surface area contributed by atoms with E-state index in [1.807, 2.05) is 0 Å². The number of hydrogen-bond acceptors (Lipinski definition) is 4. The van der Waals surface area contributed by atoms with Crippen LogP contribution in [0.4, 0.5) is 0 Å². The topological polar surface area (TPSA) is 44.8 Å². The minimum Gasteiger partial charge on any atom is -0.299 e. The van der Waals surface area contributed by atoms with Gasteiger partial charge in [-0.15, -0.1) is 0 Å². The number of rotatable bonds is 0. The highest BCUT2D eigenvalue weighted by molar-refractivity contribution is 7.57. The molecule has 0 aliphatic carbocycles. The third-order valence-corrected chi connectivity index (χ3v) is 9.93. The van der Waals surface area contributed by atoms with Crippen LogP contribution in [0.15, 0.2) is 0 Å². The standard InChI is InChI=1S/C5H9O4PSi/c6-10-7-5-3-1-2-4-11(5,8-10)9-10/h5H,1-4H2. The monoisotopic (exact) mass is 192 g/mol. The maximum absolute atomic E-state index is 11.2. The minimum absolute atomic E-state index is 0.0853. The van der Waals surface area contributed by atoms with Gasteiger partial charge in [0.15, 0.2) is 0 Å². The summed E-state index contributed by atoms with van der Waals surface area (Å²) in [5.74, 6) is 0. The Morgan fingerprint density at radius 3 is 2.91 bits per heavy atom. The van der Waals surface area contributed by atoms with Gasteiger partial charge in [-0.05, 0) is 12.5 Å². The van der Waals surface area contributed by atoms with Crippen LogP contribution >= 0.6 is 7.82 Å². The first-order chi connectivity index (χ1) is 5.23. The highest BCUT2D eigenvalue weighted by atomic mass is 31.2. The van der Waals surface area contributed by atoms with E-state index >= 15 is 0 Å². The van der Waals surface area contributed by atoms with Gasteiger partial charge in [-0.3, -0.25) is 12.9 Å². The Morgan fingerprint density at radius 1 is 1.36 bits per heavy atom. The molecule has 0 saturated carbocycles. The van der Waals surface area contributed by atoms with Crippen molar-refractivity contribution in [3.8, 4) is 0 Å². The van der Waals surface area contributed by atoms with Crippen molar-refractivity contribution in [1.29, 1.82) is 0 Å². The van der Waals surface area contributed by atoms with Crippen LogP contribution in [-0.4, -0.2) is 14.3 Å². The van der Waals surface area contributed by atoms with Gasteiger partial charge in [0.25, 0.3) is 0 Å². The van der Waals surface area contributed by atoms with Crippen LogP contribution in [0.2, 0.25) is 6.04 Å². The van der Waals surface area contributed by atoms with Gasteiger partial charge in [-0.1, -0.05) is 12.8 Å². The second-order valence-electron chi connectivity index (χ2n) is 3.28. The van der Waals surface area contributed by atoms with Crippen LogP contribution in [0.3, 0.4) is 0 Å². The van der Waals surface area contributed by atoms with Crippen LogP contribution < -0.4 is 0 Å². The Bertz CT molecular complexity index is 237. The predicted octanol–water partition coefficient (Wildman–Crippen LogP) is 1.71. The van der Waals surface area contributed by atoms with Gasteiger partial charge >= 0.3 is 16.4 Å². The first kappa shape index (κ1) is 6.80. The molecule has 0 amide bonds. The molecule has 4 fully saturated rings. The zero-order valence-corrected chi connectivity index (χ0v) is 7.88. The predicted molar refractivity (Wildman–Crippen MR) is 39.1 cm³/mol. The average Bonchev–Trinajstić information content (AvgIpc) is 2.33. The third kappa shape index (κ3) is 0.730. The highest BCUT2D eigenvalue weighted by Crippen LogP contribution is 2.74. The minimum atomic E-state index is -2.95. The first-order valence-electron chi connectivity index (χ1n) is 3.92. The molecule has 11 heavy (non-hydrogen) atoms. The van der Waals surface area contributed by atoms with E-state index in [0.717, 1.165) is 25.3 Å². The Hall–Kier alpha value is 0.327. The van der Waals surface area contributed by atoms with Crippen LogP contribution in [-0.2, 0) is 17.5 Å². The molecule has 0 radical (unpaired) electrons. The molecule has 2 bridgehead atoms. The second-order valence-corrected chi connectivity index (χ2v) is 8.61. The lowest BCUT2D eigenvalue weighted by Gasteiger charge is -2.35. The molecular weight excluding hydrogens is 183 g/mol. The first-order valence-corrected chi connectivity index (χ1v) is 7.49. The molecular formula is C5H9O4PSi. The molecule has 4 saturated heterocycles. The van der Waals surface area contributed by atoms with E-state index in [4.69, 9.17) is 12.9 Å². The summed E-state index contributed by atoms with van der Waals surface area (Å²) in [6.45, 7) is 0. The summed E-state index contributed by atoms with van der Waals surface area (Å²) in [7, 11) is -4.97. The molecule has 4 aliphatic heterocycles. The largest absolute Gasteiger partial charge is 0.459 e. The molecule has 0 aromatic carbocycles. The van der Waals surface area contributed by atoms with E-state index in [0.29, 0.717) is 0 Å². The molecule has 4 rings (SSSR count). The van der Waals surface area contributed by atoms with Crippen LogP contribution in [0.5, 0.6) is 0 Å².